The normalized spacial score (nSPS) is 15.5. The molecule has 4 heteroatoms. The Kier molecular flexibility index (Phi) is 8.25. The smallest absolute Gasteiger partial charge is 0.0831 e. The third-order valence-corrected chi connectivity index (χ3v) is 6.85. The molecule has 0 aliphatic carbocycles. The minimum Gasteiger partial charge on any atom is -0.372 e. The Bertz CT molecular complexity index is 1110. The molecule has 0 bridgehead atoms. The van der Waals surface area contributed by atoms with E-state index in [1.807, 2.05) is 0 Å². The van der Waals surface area contributed by atoms with Crippen LogP contribution in [0.25, 0.3) is 6.08 Å². The van der Waals surface area contributed by atoms with E-state index >= 15 is 0 Å². The Morgan fingerprint density at radius 3 is 1.80 bits per heavy atom. The van der Waals surface area contributed by atoms with E-state index in [0.29, 0.717) is 0 Å². The monoisotopic (exact) mass is 466 g/mol. The topological polar surface area (TPSA) is 22.1 Å². The van der Waals surface area contributed by atoms with Crippen LogP contribution >= 0.6 is 0 Å². The molecule has 1 aliphatic rings. The second kappa shape index (κ2) is 11.7. The molecule has 3 aromatic rings. The van der Waals surface area contributed by atoms with Crippen LogP contribution in [0.5, 0.6) is 0 Å². The van der Waals surface area contributed by atoms with Gasteiger partial charge in [-0.15, -0.1) is 0 Å². The van der Waals surface area contributed by atoms with Crippen molar-refractivity contribution in [3.05, 3.63) is 96.1 Å². The number of anilines is 3. The summed E-state index contributed by atoms with van der Waals surface area (Å²) in [6, 6.07) is 28.5. The summed E-state index contributed by atoms with van der Waals surface area (Å²) in [7, 11) is 0. The van der Waals surface area contributed by atoms with Crippen molar-refractivity contribution in [1.82, 2.24) is 0 Å². The lowest BCUT2D eigenvalue weighted by molar-refractivity contribution is 0.709. The van der Waals surface area contributed by atoms with E-state index in [9.17, 15) is 0 Å². The molecular formula is C31H38N4. The van der Waals surface area contributed by atoms with Crippen molar-refractivity contribution in [3.8, 4) is 0 Å². The molecule has 0 spiro atoms. The Labute approximate surface area is 211 Å². The number of hydrogen-bond acceptors (Lipinski definition) is 4. The number of para-hydroxylation sites is 1. The van der Waals surface area contributed by atoms with Crippen LogP contribution in [0, 0.1) is 0 Å². The van der Waals surface area contributed by atoms with Gasteiger partial charge in [-0.2, -0.15) is 5.10 Å². The number of rotatable bonds is 10. The van der Waals surface area contributed by atoms with Gasteiger partial charge in [0.15, 0.2) is 0 Å². The summed E-state index contributed by atoms with van der Waals surface area (Å²) in [6.45, 7) is 12.9. The van der Waals surface area contributed by atoms with Crippen LogP contribution in [0.1, 0.15) is 51.3 Å². The van der Waals surface area contributed by atoms with Crippen LogP contribution in [-0.4, -0.2) is 31.9 Å². The Morgan fingerprint density at radius 2 is 1.26 bits per heavy atom. The third-order valence-electron chi connectivity index (χ3n) is 6.85. The number of hydrazone groups is 1. The van der Waals surface area contributed by atoms with Gasteiger partial charge in [-0.3, -0.25) is 5.01 Å². The number of allylic oxidation sites excluding steroid dienone is 1. The Morgan fingerprint density at radius 1 is 0.714 bits per heavy atom. The van der Waals surface area contributed by atoms with Gasteiger partial charge in [0.25, 0.3) is 0 Å². The lowest BCUT2D eigenvalue weighted by Crippen LogP contribution is -2.22. The van der Waals surface area contributed by atoms with Crippen molar-refractivity contribution in [2.24, 2.45) is 5.10 Å². The van der Waals surface area contributed by atoms with Gasteiger partial charge in [-0.1, -0.05) is 48.5 Å². The highest BCUT2D eigenvalue weighted by atomic mass is 15.5. The molecule has 0 amide bonds. The number of hydrogen-bond donors (Lipinski definition) is 0. The van der Waals surface area contributed by atoms with E-state index in [1.54, 1.807) is 0 Å². The average molecular weight is 467 g/mol. The maximum Gasteiger partial charge on any atom is 0.0831 e. The molecular weight excluding hydrogens is 428 g/mol. The summed E-state index contributed by atoms with van der Waals surface area (Å²) < 4.78 is 0. The molecule has 1 heterocycles. The molecule has 0 saturated carbocycles. The zero-order chi connectivity index (χ0) is 24.6. The molecule has 4 nitrogen and oxygen atoms in total. The lowest BCUT2D eigenvalue weighted by Gasteiger charge is -2.25. The van der Waals surface area contributed by atoms with Crippen LogP contribution in [0.15, 0.2) is 90.0 Å². The van der Waals surface area contributed by atoms with Crippen LogP contribution in [0.3, 0.4) is 0 Å². The van der Waals surface area contributed by atoms with Crippen LogP contribution < -0.4 is 14.8 Å². The molecule has 1 aliphatic heterocycles. The fraction of sp³-hybridized carbons (Fsp3) is 0.323. The summed E-state index contributed by atoms with van der Waals surface area (Å²) in [4.78, 5) is 4.74. The van der Waals surface area contributed by atoms with E-state index in [4.69, 9.17) is 5.10 Å². The van der Waals surface area contributed by atoms with E-state index in [2.05, 4.69) is 134 Å². The molecule has 0 unspecified atom stereocenters. The zero-order valence-electron chi connectivity index (χ0n) is 21.6. The Hall–Kier alpha value is -3.53. The van der Waals surface area contributed by atoms with Crippen molar-refractivity contribution in [3.63, 3.8) is 0 Å². The van der Waals surface area contributed by atoms with Gasteiger partial charge >= 0.3 is 0 Å². The van der Waals surface area contributed by atoms with E-state index < -0.39 is 0 Å². The maximum atomic E-state index is 5.04. The predicted molar refractivity (Wildman–Crippen MR) is 153 cm³/mol. The highest BCUT2D eigenvalue weighted by Crippen LogP contribution is 2.36. The largest absolute Gasteiger partial charge is 0.372 e. The minimum atomic E-state index is 0.188. The molecule has 3 aromatic carbocycles. The van der Waals surface area contributed by atoms with Crippen molar-refractivity contribution in [2.75, 3.05) is 41.0 Å². The Balaban J connectivity index is 1.55. The van der Waals surface area contributed by atoms with Gasteiger partial charge in [0, 0.05) is 44.0 Å². The maximum absolute atomic E-state index is 5.04. The van der Waals surface area contributed by atoms with Crippen molar-refractivity contribution < 1.29 is 0 Å². The van der Waals surface area contributed by atoms with E-state index in [-0.39, 0.29) is 6.04 Å². The first-order valence-electron chi connectivity index (χ1n) is 13.0. The van der Waals surface area contributed by atoms with Crippen molar-refractivity contribution >= 4 is 28.8 Å². The van der Waals surface area contributed by atoms with Gasteiger partial charge in [-0.25, -0.2) is 0 Å². The van der Waals surface area contributed by atoms with E-state index in [0.717, 1.165) is 44.0 Å². The SMILES string of the molecule is CCN(CC)c1ccc(/C=C/C2=NN(c3ccccc3)[C@@H](c3ccc(N(CC)CC)cc3)C2)cc1. The van der Waals surface area contributed by atoms with Gasteiger partial charge in [0.1, 0.15) is 0 Å². The zero-order valence-corrected chi connectivity index (χ0v) is 21.6. The molecule has 0 fully saturated rings. The summed E-state index contributed by atoms with van der Waals surface area (Å²) in [5, 5.41) is 7.21. The molecule has 182 valence electrons. The lowest BCUT2D eigenvalue weighted by atomic mass is 10.00. The van der Waals surface area contributed by atoms with Gasteiger partial charge < -0.3 is 9.80 Å². The second-order valence-corrected chi connectivity index (χ2v) is 8.85. The van der Waals surface area contributed by atoms with Crippen LogP contribution in [0.2, 0.25) is 0 Å². The van der Waals surface area contributed by atoms with Crippen LogP contribution in [-0.2, 0) is 0 Å². The first kappa shape index (κ1) is 24.6. The highest BCUT2D eigenvalue weighted by molar-refractivity contribution is 6.01. The molecule has 0 N–H and O–H groups in total. The number of benzene rings is 3. The summed E-state index contributed by atoms with van der Waals surface area (Å²) in [5.74, 6) is 0. The highest BCUT2D eigenvalue weighted by Gasteiger charge is 2.28. The predicted octanol–water partition coefficient (Wildman–Crippen LogP) is 7.40. The first-order chi connectivity index (χ1) is 17.2. The van der Waals surface area contributed by atoms with Gasteiger partial charge in [0.05, 0.1) is 17.4 Å². The summed E-state index contributed by atoms with van der Waals surface area (Å²) in [5.41, 5.74) is 7.25. The first-order valence-corrected chi connectivity index (χ1v) is 13.0. The summed E-state index contributed by atoms with van der Waals surface area (Å²) in [6.07, 6.45) is 5.24. The summed E-state index contributed by atoms with van der Waals surface area (Å²) >= 11 is 0. The van der Waals surface area contributed by atoms with Crippen molar-refractivity contribution in [1.29, 1.82) is 0 Å². The molecule has 0 aromatic heterocycles. The average Bonchev–Trinajstić information content (AvgIpc) is 3.35. The molecule has 0 saturated heterocycles. The van der Waals surface area contributed by atoms with Gasteiger partial charge in [-0.05, 0) is 81.3 Å². The van der Waals surface area contributed by atoms with Gasteiger partial charge in [0.2, 0.25) is 0 Å². The fourth-order valence-corrected chi connectivity index (χ4v) is 4.79. The van der Waals surface area contributed by atoms with Crippen LogP contribution in [0.4, 0.5) is 17.1 Å². The standard InChI is InChI=1S/C31H38N4/c1-5-33(6-2)28-20-15-25(16-21-28)14-19-27-24-31(35(32-27)30-12-10-9-11-13-30)26-17-22-29(23-18-26)34(7-3)8-4/h9-23,31H,5-8,24H2,1-4H3/b19-14+/t31-/m1/s1. The fourth-order valence-electron chi connectivity index (χ4n) is 4.79. The number of nitrogens with zero attached hydrogens (tertiary/aromatic N) is 4. The molecule has 1 atom stereocenters. The molecule has 0 radical (unpaired) electrons. The second-order valence-electron chi connectivity index (χ2n) is 8.85. The third kappa shape index (κ3) is 5.76. The quantitative estimate of drug-likeness (QED) is 0.311. The minimum absolute atomic E-state index is 0.188. The molecule has 35 heavy (non-hydrogen) atoms. The molecule has 4 rings (SSSR count). The van der Waals surface area contributed by atoms with Crippen molar-refractivity contribution in [2.45, 2.75) is 40.2 Å². The van der Waals surface area contributed by atoms with E-state index in [1.165, 1.54) is 22.5 Å².